The fourth-order valence-electron chi connectivity index (χ4n) is 5.82. The Hall–Kier alpha value is -1.39. The molecule has 0 bridgehead atoms. The highest BCUT2D eigenvalue weighted by Crippen LogP contribution is 2.43. The summed E-state index contributed by atoms with van der Waals surface area (Å²) < 4.78 is 5.54. The van der Waals surface area contributed by atoms with E-state index in [1.165, 1.54) is 37.7 Å². The zero-order valence-corrected chi connectivity index (χ0v) is 18.2. The summed E-state index contributed by atoms with van der Waals surface area (Å²) in [6.45, 7) is 8.21. The Morgan fingerprint density at radius 1 is 1.00 bits per heavy atom. The first kappa shape index (κ1) is 20.9. The Bertz CT molecular complexity index is 650. The van der Waals surface area contributed by atoms with E-state index in [1.54, 1.807) is 0 Å². The van der Waals surface area contributed by atoms with E-state index in [-0.39, 0.29) is 5.41 Å². The largest absolute Gasteiger partial charge is 0.381 e. The van der Waals surface area contributed by atoms with Crippen LogP contribution < -0.4 is 0 Å². The molecule has 4 rings (SSSR count). The Morgan fingerprint density at radius 3 is 2.45 bits per heavy atom. The predicted octanol–water partition coefficient (Wildman–Crippen LogP) is 4.14. The van der Waals surface area contributed by atoms with E-state index in [4.69, 9.17) is 4.74 Å². The number of carbonyl (C=O) groups is 1. The lowest BCUT2D eigenvalue weighted by atomic mass is 9.68. The maximum absolute atomic E-state index is 13.7. The Kier molecular flexibility index (Phi) is 6.92. The number of carbonyl (C=O) groups excluding carboxylic acids is 1. The van der Waals surface area contributed by atoms with Crippen molar-refractivity contribution in [2.45, 2.75) is 64.3 Å². The lowest BCUT2D eigenvalue weighted by Crippen LogP contribution is -2.51. The second-order valence-corrected chi connectivity index (χ2v) is 9.56. The average molecular weight is 399 g/mol. The van der Waals surface area contributed by atoms with E-state index in [0.717, 1.165) is 58.7 Å². The summed E-state index contributed by atoms with van der Waals surface area (Å²) in [5.41, 5.74) is 1.16. The first-order chi connectivity index (χ1) is 14.2. The number of rotatable bonds is 5. The maximum atomic E-state index is 13.7. The molecule has 3 heterocycles. The van der Waals surface area contributed by atoms with Crippen LogP contribution in [0, 0.1) is 11.3 Å². The van der Waals surface area contributed by atoms with Crippen LogP contribution >= 0.6 is 0 Å². The summed E-state index contributed by atoms with van der Waals surface area (Å²) in [5.74, 6) is 0.957. The van der Waals surface area contributed by atoms with E-state index in [2.05, 4.69) is 47.1 Å². The SMILES string of the molecule is CC1(C2CCN(C3CCOCC3)CC2)CCCCN(CCc2ccccc2)C1=O. The molecule has 4 heteroatoms. The summed E-state index contributed by atoms with van der Waals surface area (Å²) >= 11 is 0. The molecule has 1 aromatic carbocycles. The maximum Gasteiger partial charge on any atom is 0.228 e. The van der Waals surface area contributed by atoms with Crippen molar-refractivity contribution in [2.75, 3.05) is 39.4 Å². The molecule has 1 unspecified atom stereocenters. The minimum absolute atomic E-state index is 0.172. The van der Waals surface area contributed by atoms with E-state index in [0.29, 0.717) is 17.9 Å². The Morgan fingerprint density at radius 2 is 1.72 bits per heavy atom. The van der Waals surface area contributed by atoms with Crippen molar-refractivity contribution in [3.63, 3.8) is 0 Å². The monoisotopic (exact) mass is 398 g/mol. The highest BCUT2D eigenvalue weighted by molar-refractivity contribution is 5.83. The lowest BCUT2D eigenvalue weighted by Gasteiger charge is -2.45. The van der Waals surface area contributed by atoms with Gasteiger partial charge in [-0.3, -0.25) is 4.79 Å². The van der Waals surface area contributed by atoms with Crippen molar-refractivity contribution >= 4 is 5.91 Å². The van der Waals surface area contributed by atoms with Crippen molar-refractivity contribution in [2.24, 2.45) is 11.3 Å². The molecule has 0 aromatic heterocycles. The smallest absolute Gasteiger partial charge is 0.228 e. The molecule has 160 valence electrons. The van der Waals surface area contributed by atoms with Gasteiger partial charge in [-0.1, -0.05) is 43.7 Å². The van der Waals surface area contributed by atoms with Crippen LogP contribution in [-0.2, 0) is 16.0 Å². The molecule has 3 fully saturated rings. The molecular weight excluding hydrogens is 360 g/mol. The van der Waals surface area contributed by atoms with Gasteiger partial charge >= 0.3 is 0 Å². The number of benzene rings is 1. The van der Waals surface area contributed by atoms with Gasteiger partial charge < -0.3 is 14.5 Å². The third-order valence-corrected chi connectivity index (χ3v) is 7.80. The second-order valence-electron chi connectivity index (χ2n) is 9.56. The van der Waals surface area contributed by atoms with Gasteiger partial charge in [0.25, 0.3) is 0 Å². The van der Waals surface area contributed by atoms with E-state index in [1.807, 2.05) is 0 Å². The number of amides is 1. The fraction of sp³-hybridized carbons (Fsp3) is 0.720. The van der Waals surface area contributed by atoms with Crippen molar-refractivity contribution in [1.29, 1.82) is 0 Å². The molecule has 0 aliphatic carbocycles. The summed E-state index contributed by atoms with van der Waals surface area (Å²) in [6.07, 6.45) is 9.06. The van der Waals surface area contributed by atoms with Crippen molar-refractivity contribution in [3.05, 3.63) is 35.9 Å². The van der Waals surface area contributed by atoms with Crippen LogP contribution in [0.4, 0.5) is 0 Å². The number of piperidine rings is 1. The highest BCUT2D eigenvalue weighted by Gasteiger charge is 2.45. The zero-order valence-electron chi connectivity index (χ0n) is 18.2. The average Bonchev–Trinajstić information content (AvgIpc) is 2.93. The normalized spacial score (nSPS) is 28.4. The molecule has 3 saturated heterocycles. The van der Waals surface area contributed by atoms with Crippen molar-refractivity contribution in [1.82, 2.24) is 9.80 Å². The molecule has 0 spiro atoms. The van der Waals surface area contributed by atoms with Gasteiger partial charge in [-0.25, -0.2) is 0 Å². The van der Waals surface area contributed by atoms with Gasteiger partial charge in [-0.2, -0.15) is 0 Å². The summed E-state index contributed by atoms with van der Waals surface area (Å²) in [6, 6.07) is 11.3. The standard InChI is InChI=1S/C25H38N2O2/c1-25(22-10-17-26(18-11-22)23-12-19-29-20-13-23)14-5-6-15-27(24(25)28)16-9-21-7-3-2-4-8-21/h2-4,7-8,22-23H,5-6,9-20H2,1H3. The minimum atomic E-state index is -0.172. The Balaban J connectivity index is 1.37. The summed E-state index contributed by atoms with van der Waals surface area (Å²) in [5, 5.41) is 0. The third kappa shape index (κ3) is 4.86. The zero-order chi connectivity index (χ0) is 20.1. The van der Waals surface area contributed by atoms with Gasteiger partial charge in [0, 0.05) is 37.8 Å². The molecule has 0 N–H and O–H groups in total. The molecule has 4 nitrogen and oxygen atoms in total. The van der Waals surface area contributed by atoms with Crippen LogP contribution in [0.25, 0.3) is 0 Å². The van der Waals surface area contributed by atoms with Gasteiger partial charge in [-0.05, 0) is 69.5 Å². The predicted molar refractivity (Wildman–Crippen MR) is 117 cm³/mol. The first-order valence-corrected chi connectivity index (χ1v) is 11.8. The fourth-order valence-corrected chi connectivity index (χ4v) is 5.82. The van der Waals surface area contributed by atoms with E-state index in [9.17, 15) is 4.79 Å². The lowest BCUT2D eigenvalue weighted by molar-refractivity contribution is -0.145. The van der Waals surface area contributed by atoms with Crippen molar-refractivity contribution in [3.8, 4) is 0 Å². The van der Waals surface area contributed by atoms with Gasteiger partial charge in [-0.15, -0.1) is 0 Å². The molecule has 1 amide bonds. The van der Waals surface area contributed by atoms with E-state index >= 15 is 0 Å². The Labute approximate surface area is 176 Å². The molecule has 0 radical (unpaired) electrons. The first-order valence-electron chi connectivity index (χ1n) is 11.8. The quantitative estimate of drug-likeness (QED) is 0.747. The number of likely N-dealkylation sites (tertiary alicyclic amines) is 2. The number of hydrogen-bond acceptors (Lipinski definition) is 3. The van der Waals surface area contributed by atoms with Gasteiger partial charge in [0.1, 0.15) is 0 Å². The summed E-state index contributed by atoms with van der Waals surface area (Å²) in [4.78, 5) is 18.5. The van der Waals surface area contributed by atoms with Crippen LogP contribution in [-0.4, -0.2) is 61.1 Å². The van der Waals surface area contributed by atoms with Gasteiger partial charge in [0.05, 0.1) is 0 Å². The molecule has 29 heavy (non-hydrogen) atoms. The summed E-state index contributed by atoms with van der Waals surface area (Å²) in [7, 11) is 0. The highest BCUT2D eigenvalue weighted by atomic mass is 16.5. The second kappa shape index (κ2) is 9.61. The minimum Gasteiger partial charge on any atom is -0.381 e. The number of ether oxygens (including phenoxy) is 1. The number of nitrogens with zero attached hydrogens (tertiary/aromatic N) is 2. The van der Waals surface area contributed by atoms with Crippen LogP contribution in [0.2, 0.25) is 0 Å². The van der Waals surface area contributed by atoms with Crippen LogP contribution in [0.3, 0.4) is 0 Å². The molecule has 3 aliphatic rings. The molecule has 1 aromatic rings. The van der Waals surface area contributed by atoms with Crippen molar-refractivity contribution < 1.29 is 9.53 Å². The van der Waals surface area contributed by atoms with Gasteiger partial charge in [0.15, 0.2) is 0 Å². The van der Waals surface area contributed by atoms with Gasteiger partial charge in [0.2, 0.25) is 5.91 Å². The van der Waals surface area contributed by atoms with E-state index < -0.39 is 0 Å². The molecule has 0 saturated carbocycles. The number of hydrogen-bond donors (Lipinski definition) is 0. The van der Waals surface area contributed by atoms with Crippen LogP contribution in [0.5, 0.6) is 0 Å². The third-order valence-electron chi connectivity index (χ3n) is 7.80. The topological polar surface area (TPSA) is 32.8 Å². The molecule has 1 atom stereocenters. The van der Waals surface area contributed by atoms with Crippen LogP contribution in [0.15, 0.2) is 30.3 Å². The molecule has 3 aliphatic heterocycles. The van der Waals surface area contributed by atoms with Crippen LogP contribution in [0.1, 0.15) is 57.4 Å². The molecular formula is C25H38N2O2.